The minimum absolute atomic E-state index is 0.246. The first kappa shape index (κ1) is 67.8. The number of nitrogens with one attached hydrogen (secondary N) is 1. The molecule has 3 saturated heterocycles. The summed E-state index contributed by atoms with van der Waals surface area (Å²) < 4.78 is 34.2. The minimum Gasteiger partial charge on any atom is -0.394 e. The van der Waals surface area contributed by atoms with Crippen LogP contribution in [0.15, 0.2) is 12.2 Å². The van der Waals surface area contributed by atoms with Crippen LogP contribution in [-0.4, -0.2) is 193 Å². The van der Waals surface area contributed by atoms with Gasteiger partial charge in [0.15, 0.2) is 18.9 Å². The Bertz CT molecular complexity index is 1430. The molecule has 0 aromatic heterocycles. The third-order valence-electron chi connectivity index (χ3n) is 15.1. The fourth-order valence-corrected chi connectivity index (χ4v) is 10.2. The van der Waals surface area contributed by atoms with Crippen molar-refractivity contribution in [3.05, 3.63) is 12.2 Å². The first-order valence-corrected chi connectivity index (χ1v) is 29.4. The maximum Gasteiger partial charge on any atom is 0.220 e. The molecule has 3 aliphatic rings. The third-order valence-corrected chi connectivity index (χ3v) is 15.1. The quantitative estimate of drug-likeness (QED) is 0.0293. The standard InChI is InChI=1S/C56H105NO18/c1-3-5-7-9-11-13-14-15-16-17-18-19-20-21-22-23-24-25-26-27-29-31-33-40(61)39(57-44(62)34-32-30-28-12-10-8-6-4-2)38-70-54-50(68)47(65)52(42(36-59)72-54)75-56-51(69)48(66)53(43(37-60)73-56)74-55-49(67)46(64)45(63)41(35-58)71-55/h31,33,39-43,45-56,58-61,63-69H,3-30,32,34-38H2,1-2H3,(H,57,62)/b33-31+. The summed E-state index contributed by atoms with van der Waals surface area (Å²) >= 11 is 0. The zero-order chi connectivity index (χ0) is 54.8. The van der Waals surface area contributed by atoms with Crippen molar-refractivity contribution in [2.24, 2.45) is 0 Å². The number of hydrogen-bond donors (Lipinski definition) is 12. The number of unbranched alkanes of at least 4 members (excludes halogenated alkanes) is 27. The molecule has 0 aliphatic carbocycles. The molecule has 17 atom stereocenters. The first-order chi connectivity index (χ1) is 36.3. The smallest absolute Gasteiger partial charge is 0.220 e. The van der Waals surface area contributed by atoms with E-state index in [0.717, 1.165) is 44.9 Å². The lowest BCUT2D eigenvalue weighted by Crippen LogP contribution is -2.66. The summed E-state index contributed by atoms with van der Waals surface area (Å²) in [7, 11) is 0. The third kappa shape index (κ3) is 25.3. The molecule has 3 heterocycles. The molecule has 75 heavy (non-hydrogen) atoms. The van der Waals surface area contributed by atoms with Crippen molar-refractivity contribution < 1.29 is 89.4 Å². The Hall–Kier alpha value is -1.47. The second kappa shape index (κ2) is 40.7. The maximum absolute atomic E-state index is 13.2. The highest BCUT2D eigenvalue weighted by Gasteiger charge is 2.53. The highest BCUT2D eigenvalue weighted by atomic mass is 16.8. The molecule has 3 aliphatic heterocycles. The van der Waals surface area contributed by atoms with Crippen LogP contribution in [0.3, 0.4) is 0 Å². The molecule has 0 aromatic rings. The van der Waals surface area contributed by atoms with E-state index in [-0.39, 0.29) is 18.9 Å². The van der Waals surface area contributed by atoms with Gasteiger partial charge >= 0.3 is 0 Å². The van der Waals surface area contributed by atoms with Crippen LogP contribution in [0.5, 0.6) is 0 Å². The van der Waals surface area contributed by atoms with E-state index in [9.17, 15) is 61.0 Å². The van der Waals surface area contributed by atoms with E-state index in [1.165, 1.54) is 135 Å². The lowest BCUT2D eigenvalue weighted by Gasteiger charge is -2.48. The number of amides is 1. The predicted octanol–water partition coefficient (Wildman–Crippen LogP) is 4.60. The van der Waals surface area contributed by atoms with E-state index in [0.29, 0.717) is 6.42 Å². The molecule has 1 amide bonds. The van der Waals surface area contributed by atoms with Gasteiger partial charge in [-0.2, -0.15) is 0 Å². The fraction of sp³-hybridized carbons (Fsp3) is 0.946. The number of aliphatic hydroxyl groups excluding tert-OH is 11. The molecule has 19 nitrogen and oxygen atoms in total. The van der Waals surface area contributed by atoms with Crippen molar-refractivity contribution in [3.8, 4) is 0 Å². The van der Waals surface area contributed by atoms with Gasteiger partial charge in [0, 0.05) is 6.42 Å². The van der Waals surface area contributed by atoms with Crippen LogP contribution in [0.4, 0.5) is 0 Å². The van der Waals surface area contributed by atoms with Crippen molar-refractivity contribution in [2.75, 3.05) is 26.4 Å². The first-order valence-electron chi connectivity index (χ1n) is 29.4. The Labute approximate surface area is 448 Å². The number of aliphatic hydroxyl groups is 11. The summed E-state index contributed by atoms with van der Waals surface area (Å²) in [4.78, 5) is 13.2. The minimum atomic E-state index is -1.97. The Morgan fingerprint density at radius 1 is 0.467 bits per heavy atom. The van der Waals surface area contributed by atoms with Crippen LogP contribution < -0.4 is 5.32 Å². The summed E-state index contributed by atoms with van der Waals surface area (Å²) in [6.45, 7) is 1.68. The number of carbonyl (C=O) groups excluding carboxylic acids is 1. The average molecular weight is 1080 g/mol. The highest BCUT2D eigenvalue weighted by Crippen LogP contribution is 2.33. The van der Waals surface area contributed by atoms with Gasteiger partial charge in [-0.05, 0) is 19.3 Å². The lowest BCUT2D eigenvalue weighted by atomic mass is 9.96. The van der Waals surface area contributed by atoms with Crippen molar-refractivity contribution in [3.63, 3.8) is 0 Å². The molecule has 442 valence electrons. The van der Waals surface area contributed by atoms with Gasteiger partial charge in [0.05, 0.1) is 38.6 Å². The average Bonchev–Trinajstić information content (AvgIpc) is 3.41. The molecular weight excluding hydrogens is 975 g/mol. The molecule has 3 fully saturated rings. The van der Waals surface area contributed by atoms with E-state index in [2.05, 4.69) is 19.2 Å². The van der Waals surface area contributed by atoms with Gasteiger partial charge in [-0.15, -0.1) is 0 Å². The van der Waals surface area contributed by atoms with Crippen LogP contribution in [0.1, 0.15) is 206 Å². The normalized spacial score (nSPS) is 31.2. The second-order valence-electron chi connectivity index (χ2n) is 21.5. The summed E-state index contributed by atoms with van der Waals surface area (Å²) in [5, 5.41) is 120. The van der Waals surface area contributed by atoms with Gasteiger partial charge in [0.2, 0.25) is 5.91 Å². The van der Waals surface area contributed by atoms with E-state index in [1.807, 2.05) is 6.08 Å². The van der Waals surface area contributed by atoms with Crippen LogP contribution in [0.25, 0.3) is 0 Å². The summed E-state index contributed by atoms with van der Waals surface area (Å²) in [5.41, 5.74) is 0. The lowest BCUT2D eigenvalue weighted by molar-refractivity contribution is -0.379. The van der Waals surface area contributed by atoms with E-state index in [4.69, 9.17) is 28.4 Å². The number of ether oxygens (including phenoxy) is 6. The molecule has 0 saturated carbocycles. The summed E-state index contributed by atoms with van der Waals surface area (Å²) in [6.07, 6.45) is 12.3. The van der Waals surface area contributed by atoms with E-state index in [1.54, 1.807) is 6.08 Å². The predicted molar refractivity (Wildman–Crippen MR) is 282 cm³/mol. The van der Waals surface area contributed by atoms with E-state index < -0.39 is 124 Å². The van der Waals surface area contributed by atoms with Gasteiger partial charge in [-0.1, -0.05) is 193 Å². The maximum atomic E-state index is 13.2. The zero-order valence-electron chi connectivity index (χ0n) is 45.8. The second-order valence-corrected chi connectivity index (χ2v) is 21.5. The van der Waals surface area contributed by atoms with Gasteiger partial charge in [-0.3, -0.25) is 4.79 Å². The Kier molecular flexibility index (Phi) is 36.8. The van der Waals surface area contributed by atoms with Crippen molar-refractivity contribution in [1.29, 1.82) is 0 Å². The Morgan fingerprint density at radius 2 is 0.827 bits per heavy atom. The van der Waals surface area contributed by atoms with Gasteiger partial charge in [0.25, 0.3) is 0 Å². The number of rotatable bonds is 43. The van der Waals surface area contributed by atoms with Gasteiger partial charge in [0.1, 0.15) is 73.2 Å². The molecule has 12 N–H and O–H groups in total. The molecule has 0 spiro atoms. The van der Waals surface area contributed by atoms with Gasteiger partial charge in [-0.25, -0.2) is 0 Å². The van der Waals surface area contributed by atoms with Crippen molar-refractivity contribution in [2.45, 2.75) is 311 Å². The van der Waals surface area contributed by atoms with Crippen LogP contribution in [0, 0.1) is 0 Å². The molecule has 17 unspecified atom stereocenters. The number of allylic oxidation sites excluding steroid dienone is 1. The molecular formula is C56H105NO18. The number of carbonyl (C=O) groups is 1. The van der Waals surface area contributed by atoms with Crippen molar-refractivity contribution in [1.82, 2.24) is 5.32 Å². The summed E-state index contributed by atoms with van der Waals surface area (Å²) in [6, 6.07) is -0.965. The fourth-order valence-electron chi connectivity index (χ4n) is 10.2. The van der Waals surface area contributed by atoms with Crippen LogP contribution in [0.2, 0.25) is 0 Å². The molecule has 0 radical (unpaired) electrons. The molecule has 19 heteroatoms. The molecule has 3 rings (SSSR count). The molecule has 0 bridgehead atoms. The van der Waals surface area contributed by atoms with Crippen LogP contribution in [-0.2, 0) is 33.2 Å². The van der Waals surface area contributed by atoms with Crippen LogP contribution >= 0.6 is 0 Å². The van der Waals surface area contributed by atoms with Crippen molar-refractivity contribution >= 4 is 5.91 Å². The Morgan fingerprint density at radius 3 is 1.25 bits per heavy atom. The summed E-state index contributed by atoms with van der Waals surface area (Å²) in [5.74, 6) is -0.279. The number of hydrogen-bond acceptors (Lipinski definition) is 18. The molecule has 0 aromatic carbocycles. The Balaban J connectivity index is 1.47. The highest BCUT2D eigenvalue weighted by molar-refractivity contribution is 5.76. The largest absolute Gasteiger partial charge is 0.394 e. The topological polar surface area (TPSA) is 307 Å². The van der Waals surface area contributed by atoms with E-state index >= 15 is 0 Å². The SMILES string of the molecule is CCCCCCCCCCCCCCCCCCCCCC/C=C/C(O)C(COC1OC(CO)C(OC2OC(CO)C(OC3OC(CO)C(O)C(O)C3O)C(O)C2O)C(O)C1O)NC(=O)CCCCCCCCCC. The van der Waals surface area contributed by atoms with Gasteiger partial charge < -0.3 is 89.9 Å². The monoisotopic (exact) mass is 1080 g/mol. The zero-order valence-corrected chi connectivity index (χ0v) is 45.8.